The van der Waals surface area contributed by atoms with Gasteiger partial charge in [-0.3, -0.25) is 14.4 Å². The van der Waals surface area contributed by atoms with Crippen LogP contribution in [0.25, 0.3) is 0 Å². The number of thioether (sulfide) groups is 1. The van der Waals surface area contributed by atoms with E-state index in [0.29, 0.717) is 15.9 Å². The predicted octanol–water partition coefficient (Wildman–Crippen LogP) is 6.30. The molecule has 0 bridgehead atoms. The van der Waals surface area contributed by atoms with Crippen LogP contribution in [0.3, 0.4) is 0 Å². The molecule has 7 heteroatoms. The first-order valence-electron chi connectivity index (χ1n) is 12.8. The molecule has 6 nitrogen and oxygen atoms in total. The summed E-state index contributed by atoms with van der Waals surface area (Å²) in [5, 5.41) is 4.98. The summed E-state index contributed by atoms with van der Waals surface area (Å²) >= 11 is 1.93. The Morgan fingerprint density at radius 3 is 2.00 bits per heavy atom. The molecule has 0 aliphatic heterocycles. The SMILES string of the molecule is C=C/C=C(\C=C)COC(=O)CNC(=O)C(C)NC(=O)c1ccccc1.CCC(C)(C)SC.Cc1ccccc1. The Hall–Kier alpha value is -3.58. The molecule has 2 rings (SSSR count). The van der Waals surface area contributed by atoms with Crippen molar-refractivity contribution < 1.29 is 19.1 Å². The van der Waals surface area contributed by atoms with Crippen LogP contribution in [-0.4, -0.2) is 48.0 Å². The molecule has 0 aliphatic rings. The van der Waals surface area contributed by atoms with E-state index in [1.165, 1.54) is 18.9 Å². The second kappa shape index (κ2) is 20.4. The number of nitrogens with one attached hydrogen (secondary N) is 2. The van der Waals surface area contributed by atoms with Gasteiger partial charge >= 0.3 is 5.97 Å². The van der Waals surface area contributed by atoms with Crippen LogP contribution in [0.5, 0.6) is 0 Å². The smallest absolute Gasteiger partial charge is 0.325 e. The van der Waals surface area contributed by atoms with Gasteiger partial charge in [0, 0.05) is 10.3 Å². The van der Waals surface area contributed by atoms with E-state index in [0.717, 1.165) is 0 Å². The van der Waals surface area contributed by atoms with Crippen LogP contribution in [0.4, 0.5) is 0 Å². The summed E-state index contributed by atoms with van der Waals surface area (Å²) in [4.78, 5) is 35.5. The maximum atomic E-state index is 12.0. The zero-order valence-electron chi connectivity index (χ0n) is 24.2. The van der Waals surface area contributed by atoms with E-state index in [1.807, 2.05) is 30.0 Å². The Bertz CT molecular complexity index is 1040. The highest BCUT2D eigenvalue weighted by molar-refractivity contribution is 7.99. The number of benzene rings is 2. The number of amides is 2. The lowest BCUT2D eigenvalue weighted by molar-refractivity contribution is -0.143. The fourth-order valence-corrected chi connectivity index (χ4v) is 2.76. The lowest BCUT2D eigenvalue weighted by atomic mass is 10.1. The monoisotopic (exact) mass is 552 g/mol. The molecule has 0 fully saturated rings. The fraction of sp³-hybridized carbons (Fsp3) is 0.344. The summed E-state index contributed by atoms with van der Waals surface area (Å²) in [7, 11) is 0. The van der Waals surface area contributed by atoms with Crippen molar-refractivity contribution in [3.63, 3.8) is 0 Å². The highest BCUT2D eigenvalue weighted by Gasteiger charge is 2.17. The minimum atomic E-state index is -0.787. The van der Waals surface area contributed by atoms with Gasteiger partial charge in [0.1, 0.15) is 19.2 Å². The molecule has 2 N–H and O–H groups in total. The molecule has 0 aliphatic carbocycles. The molecule has 0 saturated heterocycles. The molecule has 2 aromatic rings. The summed E-state index contributed by atoms with van der Waals surface area (Å²) in [5.74, 6) is -1.44. The highest BCUT2D eigenvalue weighted by atomic mass is 32.2. The standard InChI is InChI=1S/C19H22N2O4.C7H8.C6H14S/c1-4-9-15(5-2)13-25-17(22)12-20-18(23)14(3)21-19(24)16-10-7-6-8-11-16;1-7-5-3-2-4-6-7;1-5-6(2,3)7-4/h4-11,14H,1-2,12-13H2,3H3,(H,20,23)(H,21,24);2-6H,1H3;5H2,1-4H3/b15-9+;;. The van der Waals surface area contributed by atoms with E-state index in [1.54, 1.807) is 48.6 Å². The number of hydrogen-bond acceptors (Lipinski definition) is 5. The first-order chi connectivity index (χ1) is 18.5. The Labute approximate surface area is 239 Å². The molecule has 0 radical (unpaired) electrons. The zero-order valence-corrected chi connectivity index (χ0v) is 25.0. The van der Waals surface area contributed by atoms with Crippen LogP contribution in [0, 0.1) is 6.92 Å². The second-order valence-electron chi connectivity index (χ2n) is 9.09. The van der Waals surface area contributed by atoms with Gasteiger partial charge in [-0.05, 0) is 44.2 Å². The largest absolute Gasteiger partial charge is 0.460 e. The third-order valence-corrected chi connectivity index (χ3v) is 6.92. The second-order valence-corrected chi connectivity index (χ2v) is 10.6. The number of carbonyl (C=O) groups is 3. The molecule has 2 amide bonds. The van der Waals surface area contributed by atoms with Gasteiger partial charge < -0.3 is 15.4 Å². The average Bonchev–Trinajstić information content (AvgIpc) is 2.95. The van der Waals surface area contributed by atoms with E-state index in [2.05, 4.69) is 69.9 Å². The number of aryl methyl sites for hydroxylation is 1. The van der Waals surface area contributed by atoms with Crippen molar-refractivity contribution in [1.29, 1.82) is 0 Å². The van der Waals surface area contributed by atoms with Gasteiger partial charge in [-0.2, -0.15) is 11.8 Å². The van der Waals surface area contributed by atoms with Crippen LogP contribution < -0.4 is 10.6 Å². The lowest BCUT2D eigenvalue weighted by Gasteiger charge is -2.18. The normalized spacial score (nSPS) is 11.3. The number of allylic oxidation sites excluding steroid dienone is 2. The zero-order chi connectivity index (χ0) is 29.7. The van der Waals surface area contributed by atoms with Gasteiger partial charge in [0.2, 0.25) is 5.91 Å². The van der Waals surface area contributed by atoms with Gasteiger partial charge in [0.05, 0.1) is 0 Å². The van der Waals surface area contributed by atoms with Crippen molar-refractivity contribution in [3.8, 4) is 0 Å². The number of hydrogen-bond donors (Lipinski definition) is 2. The van der Waals surface area contributed by atoms with E-state index >= 15 is 0 Å². The summed E-state index contributed by atoms with van der Waals surface area (Å²) in [6.07, 6.45) is 8.19. The first-order valence-corrected chi connectivity index (χ1v) is 14.0. The van der Waals surface area contributed by atoms with Crippen molar-refractivity contribution >= 4 is 29.5 Å². The van der Waals surface area contributed by atoms with Crippen molar-refractivity contribution in [2.24, 2.45) is 0 Å². The molecule has 0 heterocycles. The number of carbonyl (C=O) groups excluding carboxylic acids is 3. The Balaban J connectivity index is 0.000000833. The van der Waals surface area contributed by atoms with Crippen molar-refractivity contribution in [3.05, 3.63) is 109 Å². The van der Waals surface area contributed by atoms with Crippen LogP contribution in [0.1, 0.15) is 50.0 Å². The Morgan fingerprint density at radius 1 is 1.03 bits per heavy atom. The van der Waals surface area contributed by atoms with Gasteiger partial charge in [-0.1, -0.05) is 106 Å². The molecular formula is C32H44N2O4S. The molecule has 0 saturated carbocycles. The van der Waals surface area contributed by atoms with Crippen LogP contribution >= 0.6 is 11.8 Å². The van der Waals surface area contributed by atoms with Gasteiger partial charge in [0.15, 0.2) is 0 Å². The third kappa shape index (κ3) is 17.5. The Kier molecular flexibility index (Phi) is 18.5. The molecule has 1 unspecified atom stereocenters. The molecule has 39 heavy (non-hydrogen) atoms. The van der Waals surface area contributed by atoms with Gasteiger partial charge in [-0.25, -0.2) is 0 Å². The quantitative estimate of drug-likeness (QED) is 0.253. The topological polar surface area (TPSA) is 84.5 Å². The first kappa shape index (κ1) is 35.4. The van der Waals surface area contributed by atoms with E-state index in [9.17, 15) is 14.4 Å². The molecular weight excluding hydrogens is 508 g/mol. The average molecular weight is 553 g/mol. The van der Waals surface area contributed by atoms with E-state index in [4.69, 9.17) is 4.74 Å². The van der Waals surface area contributed by atoms with E-state index < -0.39 is 17.9 Å². The summed E-state index contributed by atoms with van der Waals surface area (Å²) in [5.41, 5.74) is 2.47. The summed E-state index contributed by atoms with van der Waals surface area (Å²) in [6.45, 7) is 17.2. The van der Waals surface area contributed by atoms with Crippen LogP contribution in [0.15, 0.2) is 97.6 Å². The maximum Gasteiger partial charge on any atom is 0.325 e. The highest BCUT2D eigenvalue weighted by Crippen LogP contribution is 2.23. The number of esters is 1. The van der Waals surface area contributed by atoms with Gasteiger partial charge in [0.25, 0.3) is 5.91 Å². The predicted molar refractivity (Wildman–Crippen MR) is 165 cm³/mol. The lowest BCUT2D eigenvalue weighted by Crippen LogP contribution is -2.46. The third-order valence-electron chi connectivity index (χ3n) is 5.52. The van der Waals surface area contributed by atoms with Crippen molar-refractivity contribution in [1.82, 2.24) is 10.6 Å². The van der Waals surface area contributed by atoms with Gasteiger partial charge in [-0.15, -0.1) is 0 Å². The molecule has 0 aromatic heterocycles. The van der Waals surface area contributed by atoms with Crippen molar-refractivity contribution in [2.75, 3.05) is 19.4 Å². The minimum absolute atomic E-state index is 0.0462. The molecule has 0 spiro atoms. The summed E-state index contributed by atoms with van der Waals surface area (Å²) < 4.78 is 5.50. The van der Waals surface area contributed by atoms with Crippen LogP contribution in [0.2, 0.25) is 0 Å². The van der Waals surface area contributed by atoms with Crippen LogP contribution in [-0.2, 0) is 14.3 Å². The fourth-order valence-electron chi connectivity index (χ4n) is 2.47. The number of ether oxygens (including phenoxy) is 1. The Morgan fingerprint density at radius 2 is 1.59 bits per heavy atom. The maximum absolute atomic E-state index is 12.0. The number of rotatable bonds is 11. The summed E-state index contributed by atoms with van der Waals surface area (Å²) in [6, 6.07) is 18.0. The minimum Gasteiger partial charge on any atom is -0.460 e. The molecule has 1 atom stereocenters. The molecule has 2 aromatic carbocycles. The molecule has 212 valence electrons. The van der Waals surface area contributed by atoms with Crippen molar-refractivity contribution in [2.45, 2.75) is 51.8 Å². The van der Waals surface area contributed by atoms with E-state index in [-0.39, 0.29) is 19.1 Å².